The van der Waals surface area contributed by atoms with Crippen molar-refractivity contribution in [3.63, 3.8) is 0 Å². The van der Waals surface area contributed by atoms with Gasteiger partial charge in [0.2, 0.25) is 5.91 Å². The number of amides is 1. The highest BCUT2D eigenvalue weighted by molar-refractivity contribution is 8.00. The molecule has 30 heavy (non-hydrogen) atoms. The number of nitrogens with one attached hydrogen (secondary N) is 1. The molecule has 12 heteroatoms. The predicted molar refractivity (Wildman–Crippen MR) is 108 cm³/mol. The van der Waals surface area contributed by atoms with Gasteiger partial charge >= 0.3 is 6.18 Å². The molecular formula is C18H16F3N3O3S3. The van der Waals surface area contributed by atoms with Crippen LogP contribution in [0.5, 0.6) is 0 Å². The van der Waals surface area contributed by atoms with E-state index in [0.29, 0.717) is 11.3 Å². The SMILES string of the molecule is CC(Sc1nc(-c2cccs2)cc(C(F)(F)F)c1C#N)C(=O)NC1CCS(=O)(=O)C1. The Morgan fingerprint density at radius 2 is 2.20 bits per heavy atom. The van der Waals surface area contributed by atoms with Gasteiger partial charge < -0.3 is 5.32 Å². The molecule has 1 N–H and O–H groups in total. The Morgan fingerprint density at radius 1 is 1.47 bits per heavy atom. The van der Waals surface area contributed by atoms with E-state index in [1.165, 1.54) is 18.3 Å². The molecule has 0 aromatic carbocycles. The number of sulfone groups is 1. The molecular weight excluding hydrogens is 459 g/mol. The number of rotatable bonds is 5. The van der Waals surface area contributed by atoms with Crippen molar-refractivity contribution >= 4 is 38.8 Å². The van der Waals surface area contributed by atoms with Crippen molar-refractivity contribution in [3.8, 4) is 16.6 Å². The summed E-state index contributed by atoms with van der Waals surface area (Å²) in [6, 6.07) is 5.15. The van der Waals surface area contributed by atoms with Crippen molar-refractivity contribution in [1.29, 1.82) is 5.26 Å². The van der Waals surface area contributed by atoms with Gasteiger partial charge in [-0.3, -0.25) is 4.79 Å². The summed E-state index contributed by atoms with van der Waals surface area (Å²) in [6.45, 7) is 1.47. The molecule has 3 rings (SSSR count). The van der Waals surface area contributed by atoms with E-state index in [2.05, 4.69) is 10.3 Å². The first kappa shape index (κ1) is 22.6. The smallest absolute Gasteiger partial charge is 0.351 e. The summed E-state index contributed by atoms with van der Waals surface area (Å²) < 4.78 is 63.7. The van der Waals surface area contributed by atoms with Gasteiger partial charge in [0, 0.05) is 6.04 Å². The van der Waals surface area contributed by atoms with Crippen LogP contribution < -0.4 is 5.32 Å². The number of hydrogen-bond donors (Lipinski definition) is 1. The minimum Gasteiger partial charge on any atom is -0.351 e. The standard InChI is InChI=1S/C18H16F3N3O3S3/c1-10(16(25)23-11-4-6-30(26,27)9-11)29-17-12(8-22)13(18(19,20)21)7-14(24-17)15-3-2-5-28-15/h2-3,5,7,10-11H,4,6,9H2,1H3,(H,23,25). The number of nitriles is 1. The maximum absolute atomic E-state index is 13.6. The first-order valence-corrected chi connectivity index (χ1v) is 12.3. The zero-order valence-corrected chi connectivity index (χ0v) is 18.0. The molecule has 0 aliphatic carbocycles. The molecule has 2 aromatic heterocycles. The van der Waals surface area contributed by atoms with Crippen molar-refractivity contribution in [3.05, 3.63) is 34.7 Å². The molecule has 0 bridgehead atoms. The monoisotopic (exact) mass is 475 g/mol. The normalized spacial score (nSPS) is 19.2. The van der Waals surface area contributed by atoms with Gasteiger partial charge in [-0.1, -0.05) is 17.8 Å². The Kier molecular flexibility index (Phi) is 6.45. The third-order valence-electron chi connectivity index (χ3n) is 4.41. The van der Waals surface area contributed by atoms with Crippen molar-refractivity contribution in [2.24, 2.45) is 0 Å². The second-order valence-corrected chi connectivity index (χ2v) is 11.2. The van der Waals surface area contributed by atoms with Gasteiger partial charge in [-0.25, -0.2) is 13.4 Å². The summed E-state index contributed by atoms with van der Waals surface area (Å²) in [5.74, 6) is -0.704. The Morgan fingerprint density at radius 3 is 2.73 bits per heavy atom. The number of thioether (sulfide) groups is 1. The number of carbonyl (C=O) groups excluding carboxylic acids is 1. The van der Waals surface area contributed by atoms with E-state index in [0.717, 1.165) is 17.8 Å². The molecule has 6 nitrogen and oxygen atoms in total. The Balaban J connectivity index is 1.89. The summed E-state index contributed by atoms with van der Waals surface area (Å²) in [5.41, 5.74) is -1.69. The molecule has 2 atom stereocenters. The minimum atomic E-state index is -4.76. The minimum absolute atomic E-state index is 0.0165. The number of halogens is 3. The topological polar surface area (TPSA) is 99.9 Å². The number of alkyl halides is 3. The molecule has 0 radical (unpaired) electrons. The second-order valence-electron chi connectivity index (χ2n) is 6.69. The maximum atomic E-state index is 13.6. The molecule has 0 spiro atoms. The van der Waals surface area contributed by atoms with Crippen LogP contribution >= 0.6 is 23.1 Å². The molecule has 1 aliphatic rings. The quantitative estimate of drug-likeness (QED) is 0.665. The van der Waals surface area contributed by atoms with E-state index >= 15 is 0 Å². The Labute approximate surface area is 179 Å². The van der Waals surface area contributed by atoms with Crippen LogP contribution in [-0.4, -0.2) is 42.1 Å². The van der Waals surface area contributed by atoms with Crippen LogP contribution in [0.25, 0.3) is 10.6 Å². The Hall–Kier alpha value is -2.10. The molecule has 1 saturated heterocycles. The van der Waals surface area contributed by atoms with Crippen molar-refractivity contribution < 1.29 is 26.4 Å². The van der Waals surface area contributed by atoms with Gasteiger partial charge in [0.15, 0.2) is 9.84 Å². The highest BCUT2D eigenvalue weighted by Gasteiger charge is 2.37. The molecule has 1 fully saturated rings. The fraction of sp³-hybridized carbons (Fsp3) is 0.389. The number of carbonyl (C=O) groups is 1. The van der Waals surface area contributed by atoms with Crippen LogP contribution in [0.1, 0.15) is 24.5 Å². The molecule has 2 unspecified atom stereocenters. The number of thiophene rings is 1. The molecule has 2 aromatic rings. The van der Waals surface area contributed by atoms with E-state index < -0.39 is 44.3 Å². The number of aromatic nitrogens is 1. The van der Waals surface area contributed by atoms with Crippen LogP contribution in [0.3, 0.4) is 0 Å². The van der Waals surface area contributed by atoms with Gasteiger partial charge in [0.05, 0.1) is 38.5 Å². The van der Waals surface area contributed by atoms with Crippen molar-refractivity contribution in [2.75, 3.05) is 11.5 Å². The lowest BCUT2D eigenvalue weighted by Crippen LogP contribution is -2.40. The van der Waals surface area contributed by atoms with Gasteiger partial charge in [-0.05, 0) is 30.9 Å². The predicted octanol–water partition coefficient (Wildman–Crippen LogP) is 3.48. The zero-order chi connectivity index (χ0) is 22.1. The summed E-state index contributed by atoms with van der Waals surface area (Å²) in [7, 11) is -3.19. The van der Waals surface area contributed by atoms with Gasteiger partial charge in [-0.2, -0.15) is 18.4 Å². The summed E-state index contributed by atoms with van der Waals surface area (Å²) in [4.78, 5) is 17.2. The fourth-order valence-corrected chi connectivity index (χ4v) is 6.23. The van der Waals surface area contributed by atoms with E-state index in [1.807, 2.05) is 0 Å². The van der Waals surface area contributed by atoms with Crippen molar-refractivity contribution in [2.45, 2.75) is 35.8 Å². The van der Waals surface area contributed by atoms with E-state index in [-0.39, 0.29) is 22.2 Å². The zero-order valence-electron chi connectivity index (χ0n) is 15.6. The molecule has 1 amide bonds. The van der Waals surface area contributed by atoms with Crippen LogP contribution in [0, 0.1) is 11.3 Å². The largest absolute Gasteiger partial charge is 0.417 e. The molecule has 3 heterocycles. The highest BCUT2D eigenvalue weighted by atomic mass is 32.2. The number of hydrogen-bond acceptors (Lipinski definition) is 7. The van der Waals surface area contributed by atoms with E-state index in [1.54, 1.807) is 23.6 Å². The third kappa shape index (κ3) is 5.14. The average Bonchev–Trinajstić information content (AvgIpc) is 3.30. The van der Waals surface area contributed by atoms with Crippen LogP contribution in [0.2, 0.25) is 0 Å². The summed E-state index contributed by atoms with van der Waals surface area (Å²) in [5, 5.41) is 12.6. The van der Waals surface area contributed by atoms with Crippen LogP contribution in [-0.2, 0) is 20.8 Å². The first-order chi connectivity index (χ1) is 14.0. The molecule has 160 valence electrons. The van der Waals surface area contributed by atoms with Gasteiger partial charge in [0.1, 0.15) is 11.1 Å². The highest BCUT2D eigenvalue weighted by Crippen LogP contribution is 2.39. The Bertz CT molecular complexity index is 1090. The molecule has 1 aliphatic heterocycles. The van der Waals surface area contributed by atoms with E-state index in [4.69, 9.17) is 0 Å². The maximum Gasteiger partial charge on any atom is 0.417 e. The van der Waals surface area contributed by atoms with Crippen LogP contribution in [0.15, 0.2) is 28.6 Å². The third-order valence-corrected chi connectivity index (χ3v) is 8.16. The number of pyridine rings is 1. The average molecular weight is 476 g/mol. The first-order valence-electron chi connectivity index (χ1n) is 8.74. The van der Waals surface area contributed by atoms with Gasteiger partial charge in [-0.15, -0.1) is 11.3 Å². The second kappa shape index (κ2) is 8.56. The lowest BCUT2D eigenvalue weighted by Gasteiger charge is -2.18. The number of nitrogens with zero attached hydrogens (tertiary/aromatic N) is 2. The molecule has 0 saturated carbocycles. The lowest BCUT2D eigenvalue weighted by atomic mass is 10.1. The van der Waals surface area contributed by atoms with Gasteiger partial charge in [0.25, 0.3) is 0 Å². The lowest BCUT2D eigenvalue weighted by molar-refractivity contribution is -0.138. The summed E-state index contributed by atoms with van der Waals surface area (Å²) >= 11 is 1.94. The van der Waals surface area contributed by atoms with Crippen LogP contribution in [0.4, 0.5) is 13.2 Å². The fourth-order valence-electron chi connectivity index (χ4n) is 2.94. The van der Waals surface area contributed by atoms with Crippen molar-refractivity contribution in [1.82, 2.24) is 10.3 Å². The van der Waals surface area contributed by atoms with E-state index in [9.17, 15) is 31.6 Å². The summed E-state index contributed by atoms with van der Waals surface area (Å²) in [6.07, 6.45) is -4.47.